The van der Waals surface area contributed by atoms with Gasteiger partial charge in [-0.3, -0.25) is 4.98 Å². The zero-order chi connectivity index (χ0) is 16.5. The molecule has 0 aliphatic carbocycles. The van der Waals surface area contributed by atoms with Crippen molar-refractivity contribution in [3.63, 3.8) is 0 Å². The Morgan fingerprint density at radius 2 is 2.00 bits per heavy atom. The van der Waals surface area contributed by atoms with E-state index in [4.69, 9.17) is 16.3 Å². The van der Waals surface area contributed by atoms with Crippen LogP contribution in [0.3, 0.4) is 0 Å². The molecule has 2 aromatic heterocycles. The van der Waals surface area contributed by atoms with Crippen LogP contribution in [0.2, 0.25) is 5.02 Å². The number of aromatic nitrogens is 3. The van der Waals surface area contributed by atoms with Crippen LogP contribution in [-0.2, 0) is 0 Å². The van der Waals surface area contributed by atoms with E-state index in [0.717, 1.165) is 41.8 Å². The first kappa shape index (κ1) is 15.1. The molecule has 1 aliphatic rings. The van der Waals surface area contributed by atoms with Crippen molar-refractivity contribution in [3.8, 4) is 5.75 Å². The van der Waals surface area contributed by atoms with Crippen LogP contribution in [0.1, 0.15) is 12.1 Å². The summed E-state index contributed by atoms with van der Waals surface area (Å²) in [7, 11) is 0. The lowest BCUT2D eigenvalue weighted by Gasteiger charge is -2.19. The molecule has 0 spiro atoms. The number of halogens is 1. The quantitative estimate of drug-likeness (QED) is 0.728. The molecule has 3 aromatic rings. The molecule has 24 heavy (non-hydrogen) atoms. The van der Waals surface area contributed by atoms with E-state index in [9.17, 15) is 0 Å². The van der Waals surface area contributed by atoms with E-state index in [-0.39, 0.29) is 6.10 Å². The van der Waals surface area contributed by atoms with E-state index in [0.29, 0.717) is 10.8 Å². The highest BCUT2D eigenvalue weighted by Crippen LogP contribution is 2.30. The molecule has 5 nitrogen and oxygen atoms in total. The van der Waals surface area contributed by atoms with Gasteiger partial charge in [-0.2, -0.15) is 5.10 Å². The van der Waals surface area contributed by atoms with Crippen LogP contribution in [0.5, 0.6) is 5.75 Å². The SMILES string of the molecule is Cc1nnc(N2CCC(Oc3ccncc3Cl)C2)c2ccccc12. The molecule has 6 heteroatoms. The summed E-state index contributed by atoms with van der Waals surface area (Å²) in [6, 6.07) is 10.0. The third-order valence-electron chi connectivity index (χ3n) is 4.33. The van der Waals surface area contributed by atoms with Gasteiger partial charge in [0.15, 0.2) is 5.82 Å². The van der Waals surface area contributed by atoms with Crippen LogP contribution in [0.4, 0.5) is 5.82 Å². The highest BCUT2D eigenvalue weighted by Gasteiger charge is 2.27. The van der Waals surface area contributed by atoms with E-state index in [1.165, 1.54) is 0 Å². The fraction of sp³-hybridized carbons (Fsp3) is 0.278. The van der Waals surface area contributed by atoms with E-state index in [1.807, 2.05) is 19.1 Å². The van der Waals surface area contributed by atoms with Gasteiger partial charge >= 0.3 is 0 Å². The van der Waals surface area contributed by atoms with Gasteiger partial charge in [0.1, 0.15) is 16.9 Å². The van der Waals surface area contributed by atoms with Crippen molar-refractivity contribution in [3.05, 3.63) is 53.4 Å². The maximum absolute atomic E-state index is 6.13. The van der Waals surface area contributed by atoms with Gasteiger partial charge in [0, 0.05) is 42.2 Å². The molecule has 1 atom stereocenters. The van der Waals surface area contributed by atoms with E-state index in [2.05, 4.69) is 32.2 Å². The molecule has 1 unspecified atom stereocenters. The van der Waals surface area contributed by atoms with Gasteiger partial charge in [-0.25, -0.2) is 0 Å². The van der Waals surface area contributed by atoms with Gasteiger partial charge in [0.05, 0.1) is 12.2 Å². The Morgan fingerprint density at radius 3 is 2.83 bits per heavy atom. The minimum atomic E-state index is 0.0757. The molecule has 0 bridgehead atoms. The summed E-state index contributed by atoms with van der Waals surface area (Å²) in [6.45, 7) is 3.63. The van der Waals surface area contributed by atoms with Gasteiger partial charge in [0.2, 0.25) is 0 Å². The number of fused-ring (bicyclic) bond motifs is 1. The Kier molecular flexibility index (Phi) is 3.94. The van der Waals surface area contributed by atoms with Crippen LogP contribution in [-0.4, -0.2) is 34.4 Å². The molecule has 122 valence electrons. The number of anilines is 1. The lowest BCUT2D eigenvalue weighted by molar-refractivity contribution is 0.225. The summed E-state index contributed by atoms with van der Waals surface area (Å²) in [5.41, 5.74) is 0.949. The normalized spacial score (nSPS) is 17.4. The second-order valence-corrected chi connectivity index (χ2v) is 6.34. The first-order chi connectivity index (χ1) is 11.7. The monoisotopic (exact) mass is 340 g/mol. The number of hydrogen-bond donors (Lipinski definition) is 0. The number of pyridine rings is 1. The highest BCUT2D eigenvalue weighted by atomic mass is 35.5. The number of ether oxygens (including phenoxy) is 1. The minimum Gasteiger partial charge on any atom is -0.487 e. The number of rotatable bonds is 3. The first-order valence-corrected chi connectivity index (χ1v) is 8.33. The van der Waals surface area contributed by atoms with Gasteiger partial charge in [-0.1, -0.05) is 35.9 Å². The summed E-state index contributed by atoms with van der Waals surface area (Å²) >= 11 is 6.13. The first-order valence-electron chi connectivity index (χ1n) is 7.95. The minimum absolute atomic E-state index is 0.0757. The average Bonchev–Trinajstić information content (AvgIpc) is 3.06. The van der Waals surface area contributed by atoms with Crippen LogP contribution in [0.25, 0.3) is 10.8 Å². The average molecular weight is 341 g/mol. The molecule has 1 saturated heterocycles. The lowest BCUT2D eigenvalue weighted by Crippen LogP contribution is -2.25. The predicted molar refractivity (Wildman–Crippen MR) is 94.8 cm³/mol. The molecule has 4 rings (SSSR count). The number of hydrogen-bond acceptors (Lipinski definition) is 5. The van der Waals surface area contributed by atoms with Crippen molar-refractivity contribution in [2.24, 2.45) is 0 Å². The van der Waals surface area contributed by atoms with Crippen LogP contribution >= 0.6 is 11.6 Å². The number of benzene rings is 1. The van der Waals surface area contributed by atoms with Crippen molar-refractivity contribution in [1.29, 1.82) is 0 Å². The zero-order valence-electron chi connectivity index (χ0n) is 13.3. The zero-order valence-corrected chi connectivity index (χ0v) is 14.1. The van der Waals surface area contributed by atoms with Crippen molar-refractivity contribution in [2.45, 2.75) is 19.4 Å². The molecule has 0 radical (unpaired) electrons. The molecule has 0 N–H and O–H groups in total. The van der Waals surface area contributed by atoms with Crippen molar-refractivity contribution in [2.75, 3.05) is 18.0 Å². The van der Waals surface area contributed by atoms with Gasteiger partial charge in [-0.05, 0) is 6.92 Å². The second-order valence-electron chi connectivity index (χ2n) is 5.94. The summed E-state index contributed by atoms with van der Waals surface area (Å²) in [5, 5.41) is 11.6. The van der Waals surface area contributed by atoms with Gasteiger partial charge in [0.25, 0.3) is 0 Å². The fourth-order valence-corrected chi connectivity index (χ4v) is 3.28. The molecule has 1 aliphatic heterocycles. The Morgan fingerprint density at radius 1 is 1.17 bits per heavy atom. The highest BCUT2D eigenvalue weighted by molar-refractivity contribution is 6.31. The fourth-order valence-electron chi connectivity index (χ4n) is 3.11. The topological polar surface area (TPSA) is 51.1 Å². The van der Waals surface area contributed by atoms with E-state index in [1.54, 1.807) is 18.5 Å². The van der Waals surface area contributed by atoms with Crippen LogP contribution in [0, 0.1) is 6.92 Å². The smallest absolute Gasteiger partial charge is 0.159 e. The Balaban J connectivity index is 1.57. The molecule has 1 aromatic carbocycles. The molecule has 0 saturated carbocycles. The lowest BCUT2D eigenvalue weighted by atomic mass is 10.1. The number of nitrogens with zero attached hydrogens (tertiary/aromatic N) is 4. The van der Waals surface area contributed by atoms with Gasteiger partial charge < -0.3 is 9.64 Å². The van der Waals surface area contributed by atoms with Crippen LogP contribution in [0.15, 0.2) is 42.7 Å². The molecular weight excluding hydrogens is 324 g/mol. The number of aryl methyl sites for hydroxylation is 1. The largest absolute Gasteiger partial charge is 0.487 e. The standard InChI is InChI=1S/C18H17ClN4O/c1-12-14-4-2-3-5-15(14)18(22-21-12)23-9-7-13(11-23)24-17-6-8-20-10-16(17)19/h2-6,8,10,13H,7,9,11H2,1H3. The molecule has 3 heterocycles. The maximum Gasteiger partial charge on any atom is 0.159 e. The summed E-state index contributed by atoms with van der Waals surface area (Å²) < 4.78 is 6.03. The van der Waals surface area contributed by atoms with Crippen molar-refractivity contribution in [1.82, 2.24) is 15.2 Å². The third-order valence-corrected chi connectivity index (χ3v) is 4.61. The molecule has 0 amide bonds. The van der Waals surface area contributed by atoms with Crippen LogP contribution < -0.4 is 9.64 Å². The Hall–Kier alpha value is -2.40. The summed E-state index contributed by atoms with van der Waals surface area (Å²) in [6.07, 6.45) is 4.28. The van der Waals surface area contributed by atoms with Gasteiger partial charge in [-0.15, -0.1) is 5.10 Å². The van der Waals surface area contributed by atoms with Crippen molar-refractivity contribution >= 4 is 28.2 Å². The van der Waals surface area contributed by atoms with E-state index >= 15 is 0 Å². The summed E-state index contributed by atoms with van der Waals surface area (Å²) in [4.78, 5) is 6.21. The van der Waals surface area contributed by atoms with Crippen molar-refractivity contribution < 1.29 is 4.74 Å². The third kappa shape index (κ3) is 2.76. The molecule has 1 fully saturated rings. The Bertz CT molecular complexity index is 886. The Labute approximate surface area is 145 Å². The maximum atomic E-state index is 6.13. The predicted octanol–water partition coefficient (Wildman–Crippen LogP) is 3.64. The van der Waals surface area contributed by atoms with E-state index < -0.39 is 0 Å². The summed E-state index contributed by atoms with van der Waals surface area (Å²) in [5.74, 6) is 1.60. The molecular formula is C18H17ClN4O. The second kappa shape index (κ2) is 6.24.